The zero-order chi connectivity index (χ0) is 14.8. The summed E-state index contributed by atoms with van der Waals surface area (Å²) in [5.41, 5.74) is 5.87. The van der Waals surface area contributed by atoms with Crippen LogP contribution in [0.5, 0.6) is 0 Å². The molecule has 1 unspecified atom stereocenters. The molecule has 0 bridgehead atoms. The maximum atomic E-state index is 12.5. The molecule has 2 heterocycles. The van der Waals surface area contributed by atoms with E-state index in [4.69, 9.17) is 18.0 Å². The molecule has 1 saturated carbocycles. The van der Waals surface area contributed by atoms with Crippen LogP contribution >= 0.6 is 34.9 Å². The standard InChI is InChI=1S/C15H18N2OS3/c16-14(19)13(9-4-2-1-3-5-9)17-15(18)12-8-11-10(21-12)6-7-20-11/h6-9,13H,1-5H2,(H2,16,19)(H,17,18). The van der Waals surface area contributed by atoms with Crippen molar-refractivity contribution in [2.24, 2.45) is 11.7 Å². The summed E-state index contributed by atoms with van der Waals surface area (Å²) in [5.74, 6) is 0.341. The molecular formula is C15H18N2OS3. The molecule has 0 radical (unpaired) electrons. The zero-order valence-electron chi connectivity index (χ0n) is 11.6. The van der Waals surface area contributed by atoms with E-state index in [1.807, 2.05) is 17.5 Å². The van der Waals surface area contributed by atoms with E-state index in [0.29, 0.717) is 10.9 Å². The predicted molar refractivity (Wildman–Crippen MR) is 94.3 cm³/mol. The van der Waals surface area contributed by atoms with Crippen LogP contribution in [-0.4, -0.2) is 16.9 Å². The lowest BCUT2D eigenvalue weighted by Gasteiger charge is -2.30. The third-order valence-corrected chi connectivity index (χ3v) is 6.42. The Morgan fingerprint density at radius 1 is 1.33 bits per heavy atom. The first kappa shape index (κ1) is 14.9. The van der Waals surface area contributed by atoms with Gasteiger partial charge in [0.1, 0.15) is 0 Å². The number of rotatable bonds is 4. The minimum atomic E-state index is -0.173. The highest BCUT2D eigenvalue weighted by molar-refractivity contribution is 7.80. The molecular weight excluding hydrogens is 320 g/mol. The highest BCUT2D eigenvalue weighted by Crippen LogP contribution is 2.31. The summed E-state index contributed by atoms with van der Waals surface area (Å²) in [5, 5.41) is 5.11. The smallest absolute Gasteiger partial charge is 0.261 e. The molecule has 0 spiro atoms. The molecule has 6 heteroatoms. The number of thiocarbonyl (C=S) groups is 1. The second-order valence-electron chi connectivity index (χ2n) is 5.51. The molecule has 3 nitrogen and oxygen atoms in total. The molecule has 1 atom stereocenters. The Morgan fingerprint density at radius 3 is 2.76 bits per heavy atom. The quantitative estimate of drug-likeness (QED) is 0.831. The topological polar surface area (TPSA) is 55.1 Å². The van der Waals surface area contributed by atoms with E-state index in [2.05, 4.69) is 5.32 Å². The van der Waals surface area contributed by atoms with Crippen LogP contribution < -0.4 is 11.1 Å². The van der Waals surface area contributed by atoms with Gasteiger partial charge in [0, 0.05) is 9.40 Å². The molecule has 1 amide bonds. The van der Waals surface area contributed by atoms with Gasteiger partial charge < -0.3 is 11.1 Å². The van der Waals surface area contributed by atoms with Crippen LogP contribution in [0.15, 0.2) is 17.5 Å². The minimum Gasteiger partial charge on any atom is -0.392 e. The van der Waals surface area contributed by atoms with Gasteiger partial charge in [-0.25, -0.2) is 0 Å². The summed E-state index contributed by atoms with van der Waals surface area (Å²) >= 11 is 8.37. The molecule has 1 aliphatic carbocycles. The summed E-state index contributed by atoms with van der Waals surface area (Å²) in [6.45, 7) is 0. The van der Waals surface area contributed by atoms with Crippen molar-refractivity contribution in [3.05, 3.63) is 22.4 Å². The summed E-state index contributed by atoms with van der Waals surface area (Å²) < 4.78 is 2.32. The second-order valence-corrected chi connectivity index (χ2v) is 8.01. The number of amides is 1. The van der Waals surface area contributed by atoms with Gasteiger partial charge in [-0.15, -0.1) is 22.7 Å². The number of hydrogen-bond donors (Lipinski definition) is 2. The van der Waals surface area contributed by atoms with E-state index in [0.717, 1.165) is 27.1 Å². The lowest BCUT2D eigenvalue weighted by Crippen LogP contribution is -2.48. The fourth-order valence-corrected chi connectivity index (χ4v) is 5.24. The van der Waals surface area contributed by atoms with Crippen molar-refractivity contribution >= 4 is 55.2 Å². The van der Waals surface area contributed by atoms with Crippen LogP contribution in [0.25, 0.3) is 9.40 Å². The Balaban J connectivity index is 1.73. The third kappa shape index (κ3) is 3.27. The van der Waals surface area contributed by atoms with Crippen LogP contribution in [0.2, 0.25) is 0 Å². The second kappa shape index (κ2) is 6.42. The van der Waals surface area contributed by atoms with E-state index >= 15 is 0 Å². The Bertz CT molecular complexity index is 626. The minimum absolute atomic E-state index is 0.0493. The van der Waals surface area contributed by atoms with Crippen LogP contribution in [0, 0.1) is 5.92 Å². The molecule has 21 heavy (non-hydrogen) atoms. The van der Waals surface area contributed by atoms with Gasteiger partial charge in [-0.3, -0.25) is 4.79 Å². The number of thiophene rings is 2. The van der Waals surface area contributed by atoms with Crippen molar-refractivity contribution in [2.45, 2.75) is 38.1 Å². The van der Waals surface area contributed by atoms with Gasteiger partial charge in [0.25, 0.3) is 5.91 Å². The monoisotopic (exact) mass is 338 g/mol. The third-order valence-electron chi connectivity index (χ3n) is 4.08. The number of carbonyl (C=O) groups is 1. The molecule has 0 saturated heterocycles. The van der Waals surface area contributed by atoms with E-state index in [9.17, 15) is 4.79 Å². The molecule has 0 aromatic carbocycles. The lowest BCUT2D eigenvalue weighted by molar-refractivity contribution is 0.0936. The fourth-order valence-electron chi connectivity index (χ4n) is 2.98. The first-order valence-electron chi connectivity index (χ1n) is 7.22. The number of fused-ring (bicyclic) bond motifs is 1. The Labute approximate surface area is 137 Å². The Morgan fingerprint density at radius 2 is 2.10 bits per heavy atom. The van der Waals surface area contributed by atoms with Crippen molar-refractivity contribution in [3.8, 4) is 0 Å². The van der Waals surface area contributed by atoms with Gasteiger partial charge in [-0.1, -0.05) is 31.5 Å². The Hall–Kier alpha value is -0.980. The zero-order valence-corrected chi connectivity index (χ0v) is 14.1. The van der Waals surface area contributed by atoms with Crippen molar-refractivity contribution in [1.29, 1.82) is 0 Å². The van der Waals surface area contributed by atoms with E-state index in [-0.39, 0.29) is 11.9 Å². The fraction of sp³-hybridized carbons (Fsp3) is 0.467. The van der Waals surface area contributed by atoms with Crippen molar-refractivity contribution < 1.29 is 4.79 Å². The average molecular weight is 339 g/mol. The molecule has 3 N–H and O–H groups in total. The Kier molecular flexibility index (Phi) is 4.57. The first-order valence-corrected chi connectivity index (χ1v) is 9.33. The lowest BCUT2D eigenvalue weighted by atomic mass is 9.84. The molecule has 1 aliphatic rings. The van der Waals surface area contributed by atoms with Crippen LogP contribution in [0.1, 0.15) is 41.8 Å². The van der Waals surface area contributed by atoms with Gasteiger partial charge in [0.05, 0.1) is 15.9 Å². The molecule has 112 valence electrons. The van der Waals surface area contributed by atoms with Crippen molar-refractivity contribution in [1.82, 2.24) is 5.32 Å². The summed E-state index contributed by atoms with van der Waals surface area (Å²) in [6, 6.07) is 3.83. The number of carbonyl (C=O) groups excluding carboxylic acids is 1. The summed E-state index contributed by atoms with van der Waals surface area (Å²) in [7, 11) is 0. The van der Waals surface area contributed by atoms with Gasteiger partial charge in [-0.05, 0) is 36.3 Å². The molecule has 0 aliphatic heterocycles. The average Bonchev–Trinajstić information content (AvgIpc) is 3.06. The number of nitrogens with two attached hydrogens (primary N) is 1. The summed E-state index contributed by atoms with van der Waals surface area (Å²) in [4.78, 5) is 13.6. The van der Waals surface area contributed by atoms with Gasteiger partial charge in [0.2, 0.25) is 0 Å². The largest absolute Gasteiger partial charge is 0.392 e. The molecule has 3 rings (SSSR count). The summed E-state index contributed by atoms with van der Waals surface area (Å²) in [6.07, 6.45) is 5.88. The van der Waals surface area contributed by atoms with Crippen LogP contribution in [-0.2, 0) is 0 Å². The molecule has 2 aromatic heterocycles. The van der Waals surface area contributed by atoms with Gasteiger partial charge in [-0.2, -0.15) is 0 Å². The van der Waals surface area contributed by atoms with Gasteiger partial charge >= 0.3 is 0 Å². The van der Waals surface area contributed by atoms with Crippen LogP contribution in [0.4, 0.5) is 0 Å². The van der Waals surface area contributed by atoms with Gasteiger partial charge in [0.15, 0.2) is 0 Å². The highest BCUT2D eigenvalue weighted by Gasteiger charge is 2.28. The van der Waals surface area contributed by atoms with Crippen molar-refractivity contribution in [2.75, 3.05) is 0 Å². The normalized spacial score (nSPS) is 17.7. The number of hydrogen-bond acceptors (Lipinski definition) is 4. The molecule has 2 aromatic rings. The van der Waals surface area contributed by atoms with E-state index in [1.165, 1.54) is 30.6 Å². The predicted octanol–water partition coefficient (Wildman–Crippen LogP) is 3.93. The first-order chi connectivity index (χ1) is 10.1. The van der Waals surface area contributed by atoms with E-state index in [1.54, 1.807) is 11.3 Å². The molecule has 1 fully saturated rings. The highest BCUT2D eigenvalue weighted by atomic mass is 32.1. The SMILES string of the molecule is NC(=S)C(NC(=O)c1cc2sccc2s1)C1CCCCC1. The van der Waals surface area contributed by atoms with Crippen molar-refractivity contribution in [3.63, 3.8) is 0 Å². The maximum absolute atomic E-state index is 12.5. The number of nitrogens with one attached hydrogen (secondary N) is 1. The van der Waals surface area contributed by atoms with E-state index < -0.39 is 0 Å². The van der Waals surface area contributed by atoms with Crippen LogP contribution in [0.3, 0.4) is 0 Å². The maximum Gasteiger partial charge on any atom is 0.261 e.